The van der Waals surface area contributed by atoms with Crippen molar-refractivity contribution in [3.8, 4) is 0 Å². The summed E-state index contributed by atoms with van der Waals surface area (Å²) in [7, 11) is -3.99. The Morgan fingerprint density at radius 3 is 2.55 bits per heavy atom. The zero-order valence-electron chi connectivity index (χ0n) is 17.5. The van der Waals surface area contributed by atoms with Crippen molar-refractivity contribution in [2.75, 3.05) is 11.3 Å². The summed E-state index contributed by atoms with van der Waals surface area (Å²) in [6, 6.07) is 18.9. The van der Waals surface area contributed by atoms with E-state index >= 15 is 0 Å². The molecule has 0 aliphatic rings. The minimum Gasteiger partial charge on any atom is -0.352 e. The molecule has 0 spiro atoms. The van der Waals surface area contributed by atoms with Gasteiger partial charge in [0.2, 0.25) is 0 Å². The Labute approximate surface area is 196 Å². The molecule has 0 saturated carbocycles. The van der Waals surface area contributed by atoms with Gasteiger partial charge < -0.3 is 9.88 Å². The smallest absolute Gasteiger partial charge is 0.261 e. The lowest BCUT2D eigenvalue weighted by Crippen LogP contribution is -2.26. The molecule has 0 fully saturated rings. The molecule has 1 aromatic heterocycles. The summed E-state index contributed by atoms with van der Waals surface area (Å²) in [5.41, 5.74) is 1.39. The number of sulfonamides is 1. The van der Waals surface area contributed by atoms with Crippen LogP contribution < -0.4 is 10.0 Å². The average Bonchev–Trinajstić information content (AvgIpc) is 3.21. The predicted molar refractivity (Wildman–Crippen MR) is 128 cm³/mol. The number of hydrogen-bond acceptors (Lipinski definition) is 3. The standard InChI is InChI=1S/C24H21ClFN3O3S/c25-22-11-10-20(33(31,32)28-19-8-6-18(26)7-9-19)16-21(22)24(30)27-13-3-14-29-15-12-17-4-1-2-5-23(17)29/h1-2,4-12,15-16,28H,3,13-14H2,(H,27,30). The number of rotatable bonds is 8. The number of halogens is 2. The molecule has 3 aromatic carbocycles. The third-order valence-corrected chi connectivity index (χ3v) is 6.84. The van der Waals surface area contributed by atoms with Crippen LogP contribution in [0.2, 0.25) is 5.02 Å². The summed E-state index contributed by atoms with van der Waals surface area (Å²) < 4.78 is 42.9. The quantitative estimate of drug-likeness (QED) is 0.342. The molecular formula is C24H21ClFN3O3S. The monoisotopic (exact) mass is 485 g/mol. The van der Waals surface area contributed by atoms with Crippen LogP contribution in [0.4, 0.5) is 10.1 Å². The number of hydrogen-bond donors (Lipinski definition) is 2. The third kappa shape index (κ3) is 5.35. The van der Waals surface area contributed by atoms with Crippen molar-refractivity contribution in [2.24, 2.45) is 0 Å². The van der Waals surface area contributed by atoms with E-state index in [0.29, 0.717) is 13.0 Å². The second-order valence-corrected chi connectivity index (χ2v) is 9.52. The highest BCUT2D eigenvalue weighted by Crippen LogP contribution is 2.23. The Kier molecular flexibility index (Phi) is 6.67. The van der Waals surface area contributed by atoms with Gasteiger partial charge in [-0.15, -0.1) is 0 Å². The van der Waals surface area contributed by atoms with Crippen LogP contribution in [0.15, 0.2) is 83.9 Å². The predicted octanol–water partition coefficient (Wildman–Crippen LogP) is 5.05. The fourth-order valence-corrected chi connectivity index (χ4v) is 4.75. The Hall–Kier alpha value is -3.36. The fourth-order valence-electron chi connectivity index (χ4n) is 3.46. The molecule has 0 aliphatic carbocycles. The van der Waals surface area contributed by atoms with E-state index in [1.165, 1.54) is 30.3 Å². The third-order valence-electron chi connectivity index (χ3n) is 5.13. The van der Waals surface area contributed by atoms with E-state index < -0.39 is 21.7 Å². The number of carbonyl (C=O) groups excluding carboxylic acids is 1. The largest absolute Gasteiger partial charge is 0.352 e. The van der Waals surface area contributed by atoms with Gasteiger partial charge in [-0.05, 0) is 66.4 Å². The van der Waals surface area contributed by atoms with Gasteiger partial charge >= 0.3 is 0 Å². The van der Waals surface area contributed by atoms with Crippen LogP contribution in [0.5, 0.6) is 0 Å². The van der Waals surface area contributed by atoms with Gasteiger partial charge in [0, 0.05) is 30.5 Å². The van der Waals surface area contributed by atoms with Crippen LogP contribution in [0.1, 0.15) is 16.8 Å². The molecule has 6 nitrogen and oxygen atoms in total. The van der Waals surface area contributed by atoms with Crippen molar-refractivity contribution in [1.29, 1.82) is 0 Å². The van der Waals surface area contributed by atoms with Crippen LogP contribution in [0, 0.1) is 5.82 Å². The maximum atomic E-state index is 13.1. The zero-order valence-corrected chi connectivity index (χ0v) is 19.0. The number of fused-ring (bicyclic) bond motifs is 1. The van der Waals surface area contributed by atoms with Gasteiger partial charge in [0.05, 0.1) is 15.5 Å². The second-order valence-electron chi connectivity index (χ2n) is 7.43. The Balaban J connectivity index is 1.40. The van der Waals surface area contributed by atoms with Crippen molar-refractivity contribution in [2.45, 2.75) is 17.9 Å². The van der Waals surface area contributed by atoms with Crippen LogP contribution in [0.25, 0.3) is 10.9 Å². The Morgan fingerprint density at radius 2 is 1.76 bits per heavy atom. The highest BCUT2D eigenvalue weighted by molar-refractivity contribution is 7.92. The summed E-state index contributed by atoms with van der Waals surface area (Å²) in [6.07, 6.45) is 2.69. The summed E-state index contributed by atoms with van der Waals surface area (Å²) in [5.74, 6) is -0.940. The molecular weight excluding hydrogens is 465 g/mol. The molecule has 4 rings (SSSR count). The van der Waals surface area contributed by atoms with Crippen molar-refractivity contribution >= 4 is 44.1 Å². The molecule has 1 heterocycles. The Bertz CT molecular complexity index is 1400. The van der Waals surface area contributed by atoms with Gasteiger partial charge in [0.15, 0.2) is 0 Å². The minimum atomic E-state index is -3.99. The summed E-state index contributed by atoms with van der Waals surface area (Å²) in [4.78, 5) is 12.5. The molecule has 170 valence electrons. The number of benzene rings is 3. The fraction of sp³-hybridized carbons (Fsp3) is 0.125. The number of aromatic nitrogens is 1. The second kappa shape index (κ2) is 9.64. The Morgan fingerprint density at radius 1 is 1.00 bits per heavy atom. The van der Waals surface area contributed by atoms with E-state index in [1.807, 2.05) is 36.5 Å². The maximum absolute atomic E-state index is 13.1. The number of anilines is 1. The van der Waals surface area contributed by atoms with Crippen molar-refractivity contribution < 1.29 is 17.6 Å². The molecule has 0 aliphatic heterocycles. The molecule has 33 heavy (non-hydrogen) atoms. The first-order valence-corrected chi connectivity index (χ1v) is 12.1. The maximum Gasteiger partial charge on any atom is 0.261 e. The molecule has 1 amide bonds. The van der Waals surface area contributed by atoms with Gasteiger partial charge in [0.1, 0.15) is 5.82 Å². The number of aryl methyl sites for hydroxylation is 1. The molecule has 0 unspecified atom stereocenters. The van der Waals surface area contributed by atoms with E-state index in [2.05, 4.69) is 14.6 Å². The molecule has 9 heteroatoms. The lowest BCUT2D eigenvalue weighted by Gasteiger charge is -2.11. The summed E-state index contributed by atoms with van der Waals surface area (Å²) >= 11 is 6.16. The average molecular weight is 486 g/mol. The van der Waals surface area contributed by atoms with Gasteiger partial charge in [0.25, 0.3) is 15.9 Å². The van der Waals surface area contributed by atoms with Crippen molar-refractivity contribution in [3.63, 3.8) is 0 Å². The van der Waals surface area contributed by atoms with Gasteiger partial charge in [-0.2, -0.15) is 0 Å². The van der Waals surface area contributed by atoms with Crippen LogP contribution in [0.3, 0.4) is 0 Å². The topological polar surface area (TPSA) is 80.2 Å². The van der Waals surface area contributed by atoms with Gasteiger partial charge in [-0.25, -0.2) is 12.8 Å². The van der Waals surface area contributed by atoms with E-state index in [0.717, 1.165) is 29.6 Å². The molecule has 0 bridgehead atoms. The van der Waals surface area contributed by atoms with Gasteiger partial charge in [-0.1, -0.05) is 29.8 Å². The van der Waals surface area contributed by atoms with Crippen molar-refractivity contribution in [1.82, 2.24) is 9.88 Å². The van der Waals surface area contributed by atoms with Gasteiger partial charge in [-0.3, -0.25) is 9.52 Å². The SMILES string of the molecule is O=C(NCCCn1ccc2ccccc21)c1cc(S(=O)(=O)Nc2ccc(F)cc2)ccc1Cl. The molecule has 2 N–H and O–H groups in total. The highest BCUT2D eigenvalue weighted by Gasteiger charge is 2.19. The van der Waals surface area contributed by atoms with Crippen LogP contribution >= 0.6 is 11.6 Å². The summed E-state index contributed by atoms with van der Waals surface area (Å²) in [6.45, 7) is 1.12. The molecule has 0 radical (unpaired) electrons. The minimum absolute atomic E-state index is 0.0602. The molecule has 0 saturated heterocycles. The lowest BCUT2D eigenvalue weighted by molar-refractivity contribution is 0.0952. The number of nitrogens with one attached hydrogen (secondary N) is 2. The number of carbonyl (C=O) groups is 1. The normalized spacial score (nSPS) is 11.5. The van der Waals surface area contributed by atoms with E-state index in [4.69, 9.17) is 11.6 Å². The first-order valence-electron chi connectivity index (χ1n) is 10.2. The zero-order chi connectivity index (χ0) is 23.4. The van der Waals surface area contributed by atoms with Crippen molar-refractivity contribution in [3.05, 3.63) is 95.4 Å². The number of para-hydroxylation sites is 1. The summed E-state index contributed by atoms with van der Waals surface area (Å²) in [5, 5.41) is 4.09. The van der Waals surface area contributed by atoms with E-state index in [-0.39, 0.29) is 21.2 Å². The van der Waals surface area contributed by atoms with E-state index in [1.54, 1.807) is 0 Å². The van der Waals surface area contributed by atoms with E-state index in [9.17, 15) is 17.6 Å². The molecule has 0 atom stereocenters. The first-order chi connectivity index (χ1) is 15.8. The lowest BCUT2D eigenvalue weighted by atomic mass is 10.2. The highest BCUT2D eigenvalue weighted by atomic mass is 35.5. The first kappa shape index (κ1) is 22.8. The number of amides is 1. The number of nitrogens with zero attached hydrogens (tertiary/aromatic N) is 1. The van der Waals surface area contributed by atoms with Crippen LogP contribution in [-0.4, -0.2) is 25.4 Å². The van der Waals surface area contributed by atoms with Crippen LogP contribution in [-0.2, 0) is 16.6 Å². The molecule has 4 aromatic rings.